The van der Waals surface area contributed by atoms with Gasteiger partial charge in [-0.1, -0.05) is 31.2 Å². The van der Waals surface area contributed by atoms with Crippen LogP contribution in [0.3, 0.4) is 0 Å². The molecule has 0 bridgehead atoms. The molecule has 0 unspecified atom stereocenters. The smallest absolute Gasteiger partial charge is 0.411 e. The zero-order chi connectivity index (χ0) is 20.1. The average Bonchev–Trinajstić information content (AvgIpc) is 3.27. The molecule has 3 aromatic rings. The predicted octanol–water partition coefficient (Wildman–Crippen LogP) is 2.57. The minimum absolute atomic E-state index is 0.0387. The Hall–Kier alpha value is -3.43. The first-order valence-electron chi connectivity index (χ1n) is 8.96. The number of aryl methyl sites for hydroxylation is 1. The summed E-state index contributed by atoms with van der Waals surface area (Å²) in [6, 6.07) is 7.55. The van der Waals surface area contributed by atoms with Crippen molar-refractivity contribution in [2.24, 2.45) is 5.92 Å². The maximum absolute atomic E-state index is 10.7. The van der Waals surface area contributed by atoms with Crippen LogP contribution < -0.4 is 4.74 Å². The number of nitrogens with zero attached hydrogens (tertiary/aromatic N) is 6. The van der Waals surface area contributed by atoms with Gasteiger partial charge >= 0.3 is 11.8 Å². The van der Waals surface area contributed by atoms with Crippen molar-refractivity contribution in [3.8, 4) is 11.8 Å². The molecule has 0 aliphatic rings. The van der Waals surface area contributed by atoms with E-state index < -0.39 is 4.92 Å². The molecule has 10 heteroatoms. The molecule has 0 radical (unpaired) electrons. The van der Waals surface area contributed by atoms with E-state index in [4.69, 9.17) is 4.74 Å². The molecule has 0 fully saturated rings. The molecule has 10 nitrogen and oxygen atoms in total. The molecule has 0 amide bonds. The molecule has 28 heavy (non-hydrogen) atoms. The fraction of sp³-hybridized carbons (Fsp3) is 0.389. The monoisotopic (exact) mass is 386 g/mol. The molecule has 3 rings (SSSR count). The number of benzene rings is 1. The van der Waals surface area contributed by atoms with Crippen molar-refractivity contribution in [1.82, 2.24) is 24.5 Å². The average molecular weight is 386 g/mol. The summed E-state index contributed by atoms with van der Waals surface area (Å²) in [5.41, 5.74) is 1.95. The highest BCUT2D eigenvalue weighted by Gasteiger charge is 2.19. The van der Waals surface area contributed by atoms with Crippen LogP contribution in [0, 0.1) is 16.0 Å². The molecule has 148 valence electrons. The minimum atomic E-state index is -0.639. The summed E-state index contributed by atoms with van der Waals surface area (Å²) in [6.07, 6.45) is 4.00. The fourth-order valence-corrected chi connectivity index (χ4v) is 2.80. The first-order chi connectivity index (χ1) is 13.4. The summed E-state index contributed by atoms with van der Waals surface area (Å²) in [6.45, 7) is 5.25. The largest absolute Gasteiger partial charge is 0.487 e. The zero-order valence-corrected chi connectivity index (χ0v) is 15.7. The zero-order valence-electron chi connectivity index (χ0n) is 15.7. The molecule has 0 aliphatic carbocycles. The Bertz CT molecular complexity index is 934. The molecule has 0 aliphatic heterocycles. The standard InChI is InChI=1S/C18H22N6O4/c1-3-14-4-6-16(7-5-14)28-12-15-10-23(21-20-15)9-13(2)8-22-11-17(24(26)27)19-18(22)25/h4-7,10-11,13H,3,8-9,12H2,1-2H3,(H,19,25)/t13-/m0/s1. The number of aromatic hydroxyl groups is 1. The number of hydrogen-bond acceptors (Lipinski definition) is 7. The summed E-state index contributed by atoms with van der Waals surface area (Å²) in [5, 5.41) is 28.6. The Morgan fingerprint density at radius 3 is 2.64 bits per heavy atom. The third-order valence-electron chi connectivity index (χ3n) is 4.24. The second kappa shape index (κ2) is 8.51. The van der Waals surface area contributed by atoms with Gasteiger partial charge in [0.1, 0.15) is 24.2 Å². The number of imidazole rings is 1. The summed E-state index contributed by atoms with van der Waals surface area (Å²) >= 11 is 0. The SMILES string of the molecule is CCc1ccc(OCc2cn(C[C@@H](C)Cn3cc([N+](=O)[O-])nc3O)nn2)cc1. The molecule has 0 spiro atoms. The van der Waals surface area contributed by atoms with Crippen molar-refractivity contribution in [2.75, 3.05) is 0 Å². The third kappa shape index (κ3) is 4.84. The fourth-order valence-electron chi connectivity index (χ4n) is 2.80. The van der Waals surface area contributed by atoms with Gasteiger partial charge in [-0.05, 0) is 35.0 Å². The van der Waals surface area contributed by atoms with Crippen LogP contribution in [-0.2, 0) is 26.1 Å². The molecule has 2 aromatic heterocycles. The first kappa shape index (κ1) is 19.3. The van der Waals surface area contributed by atoms with Gasteiger partial charge in [0.25, 0.3) is 0 Å². The maximum atomic E-state index is 10.7. The van der Waals surface area contributed by atoms with Gasteiger partial charge in [0.2, 0.25) is 0 Å². The summed E-state index contributed by atoms with van der Waals surface area (Å²) < 4.78 is 8.76. The van der Waals surface area contributed by atoms with Crippen LogP contribution in [0.4, 0.5) is 5.82 Å². The summed E-state index contributed by atoms with van der Waals surface area (Å²) in [5.74, 6) is 0.436. The molecular weight excluding hydrogens is 364 g/mol. The minimum Gasteiger partial charge on any atom is -0.487 e. The van der Waals surface area contributed by atoms with Crippen molar-refractivity contribution < 1.29 is 14.8 Å². The normalized spacial score (nSPS) is 12.1. The number of ether oxygens (including phenoxy) is 1. The second-order valence-electron chi connectivity index (χ2n) is 6.63. The summed E-state index contributed by atoms with van der Waals surface area (Å²) in [7, 11) is 0. The van der Waals surface area contributed by atoms with Gasteiger partial charge < -0.3 is 20.0 Å². The molecular formula is C18H22N6O4. The van der Waals surface area contributed by atoms with Gasteiger partial charge in [-0.3, -0.25) is 9.25 Å². The number of rotatable bonds is 9. The van der Waals surface area contributed by atoms with Crippen LogP contribution in [0.15, 0.2) is 36.7 Å². The van der Waals surface area contributed by atoms with Crippen molar-refractivity contribution in [1.29, 1.82) is 0 Å². The molecule has 2 heterocycles. The van der Waals surface area contributed by atoms with Crippen LogP contribution in [0.5, 0.6) is 11.8 Å². The van der Waals surface area contributed by atoms with E-state index in [1.54, 1.807) is 10.9 Å². The van der Waals surface area contributed by atoms with Gasteiger partial charge in [0.05, 0.1) is 6.20 Å². The molecule has 1 aromatic carbocycles. The Labute approximate surface area is 161 Å². The van der Waals surface area contributed by atoms with Crippen LogP contribution in [0.25, 0.3) is 0 Å². The first-order valence-corrected chi connectivity index (χ1v) is 8.96. The number of hydrogen-bond donors (Lipinski definition) is 1. The topological polar surface area (TPSA) is 121 Å². The number of aromatic nitrogens is 5. The Kier molecular flexibility index (Phi) is 5.87. The quantitative estimate of drug-likeness (QED) is 0.443. The lowest BCUT2D eigenvalue weighted by Crippen LogP contribution is -2.14. The van der Waals surface area contributed by atoms with Gasteiger partial charge in [-0.15, -0.1) is 5.10 Å². The van der Waals surface area contributed by atoms with Crippen LogP contribution in [0.2, 0.25) is 0 Å². The Balaban J connectivity index is 1.52. The van der Waals surface area contributed by atoms with E-state index in [0.717, 1.165) is 12.2 Å². The lowest BCUT2D eigenvalue weighted by atomic mass is 10.2. The third-order valence-corrected chi connectivity index (χ3v) is 4.24. The molecule has 0 saturated carbocycles. The summed E-state index contributed by atoms with van der Waals surface area (Å²) in [4.78, 5) is 13.6. The van der Waals surface area contributed by atoms with E-state index in [-0.39, 0.29) is 17.7 Å². The predicted molar refractivity (Wildman–Crippen MR) is 99.9 cm³/mol. The Morgan fingerprint density at radius 2 is 2.00 bits per heavy atom. The Morgan fingerprint density at radius 1 is 1.25 bits per heavy atom. The van der Waals surface area contributed by atoms with E-state index in [9.17, 15) is 15.2 Å². The molecule has 1 N–H and O–H groups in total. The highest BCUT2D eigenvalue weighted by atomic mass is 16.6. The van der Waals surface area contributed by atoms with Crippen molar-refractivity contribution in [3.63, 3.8) is 0 Å². The second-order valence-corrected chi connectivity index (χ2v) is 6.63. The van der Waals surface area contributed by atoms with E-state index >= 15 is 0 Å². The highest BCUT2D eigenvalue weighted by Crippen LogP contribution is 2.18. The lowest BCUT2D eigenvalue weighted by molar-refractivity contribution is -0.389. The van der Waals surface area contributed by atoms with Gasteiger partial charge in [0, 0.05) is 18.1 Å². The number of nitro groups is 1. The van der Waals surface area contributed by atoms with Crippen molar-refractivity contribution in [3.05, 3.63) is 58.0 Å². The lowest BCUT2D eigenvalue weighted by Gasteiger charge is -2.10. The van der Waals surface area contributed by atoms with Gasteiger partial charge in [-0.2, -0.15) is 0 Å². The van der Waals surface area contributed by atoms with Crippen molar-refractivity contribution >= 4 is 5.82 Å². The van der Waals surface area contributed by atoms with E-state index in [1.807, 2.05) is 31.2 Å². The van der Waals surface area contributed by atoms with Crippen molar-refractivity contribution in [2.45, 2.75) is 40.0 Å². The van der Waals surface area contributed by atoms with E-state index in [1.165, 1.54) is 16.3 Å². The molecule has 1 atom stereocenters. The molecule has 0 saturated heterocycles. The van der Waals surface area contributed by atoms with E-state index in [2.05, 4.69) is 22.2 Å². The van der Waals surface area contributed by atoms with Gasteiger partial charge in [-0.25, -0.2) is 0 Å². The maximum Gasteiger partial charge on any atom is 0.411 e. The van der Waals surface area contributed by atoms with Gasteiger partial charge in [0.15, 0.2) is 0 Å². The highest BCUT2D eigenvalue weighted by molar-refractivity contribution is 5.27. The van der Waals surface area contributed by atoms with Crippen LogP contribution >= 0.6 is 0 Å². The van der Waals surface area contributed by atoms with Crippen LogP contribution in [0.1, 0.15) is 25.1 Å². The van der Waals surface area contributed by atoms with Crippen LogP contribution in [-0.4, -0.2) is 34.6 Å². The van der Waals surface area contributed by atoms with E-state index in [0.29, 0.717) is 25.4 Å².